The predicted octanol–water partition coefficient (Wildman–Crippen LogP) is 8.77. The Labute approximate surface area is 209 Å². The molecular weight excluding hydrogens is 449 g/mol. The first-order valence-corrected chi connectivity index (χ1v) is 19.1. The summed E-state index contributed by atoms with van der Waals surface area (Å²) in [7, 11) is -3.19. The molecule has 0 N–H and O–H groups in total. The van der Waals surface area contributed by atoms with E-state index in [0.29, 0.717) is 0 Å². The summed E-state index contributed by atoms with van der Waals surface area (Å²) in [6, 6.07) is 26.4. The number of hydrogen-bond donors (Lipinski definition) is 0. The molecule has 0 aliphatic heterocycles. The predicted molar refractivity (Wildman–Crippen MR) is 152 cm³/mol. The number of benzene rings is 3. The molecule has 0 aromatic heterocycles. The molecule has 34 heavy (non-hydrogen) atoms. The molecule has 4 heteroatoms. The second kappa shape index (κ2) is 9.39. The molecule has 0 saturated carbocycles. The maximum Gasteiger partial charge on any atom is 0.242 e. The van der Waals surface area contributed by atoms with Crippen LogP contribution in [0.25, 0.3) is 0 Å². The minimum atomic E-state index is -1.60. The Hall–Kier alpha value is -2.31. The van der Waals surface area contributed by atoms with Crippen molar-refractivity contribution in [2.75, 3.05) is 0 Å². The van der Waals surface area contributed by atoms with Crippen LogP contribution >= 0.6 is 0 Å². The summed E-state index contributed by atoms with van der Waals surface area (Å²) in [6.45, 7) is 22.4. The zero-order chi connectivity index (χ0) is 25.4. The smallest absolute Gasteiger partial charge is 0.242 e. The van der Waals surface area contributed by atoms with Crippen molar-refractivity contribution in [3.05, 3.63) is 95.1 Å². The van der Waals surface area contributed by atoms with Crippen molar-refractivity contribution in [1.29, 1.82) is 0 Å². The van der Waals surface area contributed by atoms with Crippen molar-refractivity contribution in [3.8, 4) is 11.5 Å². The molecule has 0 aliphatic carbocycles. The quantitative estimate of drug-likeness (QED) is 0.294. The van der Waals surface area contributed by atoms with Crippen molar-refractivity contribution in [2.45, 2.75) is 77.8 Å². The highest BCUT2D eigenvalue weighted by molar-refractivity contribution is 6.70. The van der Waals surface area contributed by atoms with Crippen LogP contribution in [0.15, 0.2) is 72.8 Å². The van der Waals surface area contributed by atoms with Crippen LogP contribution in [0.3, 0.4) is 0 Å². The lowest BCUT2D eigenvalue weighted by Gasteiger charge is -2.30. The van der Waals surface area contributed by atoms with Gasteiger partial charge in [0.15, 0.2) is 0 Å². The Morgan fingerprint density at radius 1 is 0.412 bits per heavy atom. The van der Waals surface area contributed by atoms with E-state index in [1.165, 1.54) is 22.3 Å². The highest BCUT2D eigenvalue weighted by atomic mass is 28.4. The number of hydrogen-bond acceptors (Lipinski definition) is 2. The molecule has 0 spiro atoms. The van der Waals surface area contributed by atoms with Crippen LogP contribution in [0.4, 0.5) is 0 Å². The fraction of sp³-hybridized carbons (Fsp3) is 0.400. The highest BCUT2D eigenvalue weighted by Crippen LogP contribution is 2.36. The average Bonchev–Trinajstić information content (AvgIpc) is 2.72. The van der Waals surface area contributed by atoms with Gasteiger partial charge in [-0.25, -0.2) is 0 Å². The topological polar surface area (TPSA) is 18.5 Å². The van der Waals surface area contributed by atoms with Gasteiger partial charge < -0.3 is 8.85 Å². The normalized spacial score (nSPS) is 13.0. The summed E-state index contributed by atoms with van der Waals surface area (Å²) in [5.41, 5.74) is 5.03. The van der Waals surface area contributed by atoms with Crippen LogP contribution in [0.1, 0.15) is 49.9 Å². The van der Waals surface area contributed by atoms with Crippen LogP contribution < -0.4 is 8.85 Å². The summed E-state index contributed by atoms with van der Waals surface area (Å²) >= 11 is 0. The largest absolute Gasteiger partial charge is 0.544 e. The summed E-state index contributed by atoms with van der Waals surface area (Å²) in [6.07, 6.45) is 0. The first kappa shape index (κ1) is 26.3. The lowest BCUT2D eigenvalue weighted by atomic mass is 9.74. The van der Waals surface area contributed by atoms with Gasteiger partial charge in [0.1, 0.15) is 11.5 Å². The van der Waals surface area contributed by atoms with Gasteiger partial charge in [-0.05, 0) is 85.8 Å². The van der Waals surface area contributed by atoms with Gasteiger partial charge in [0.2, 0.25) is 16.6 Å². The minimum Gasteiger partial charge on any atom is -0.544 e. The molecule has 3 aromatic carbocycles. The van der Waals surface area contributed by atoms with Gasteiger partial charge in [-0.2, -0.15) is 0 Å². The summed E-state index contributed by atoms with van der Waals surface area (Å²) in [4.78, 5) is 0. The zero-order valence-electron chi connectivity index (χ0n) is 22.7. The zero-order valence-corrected chi connectivity index (χ0v) is 24.7. The molecule has 0 aliphatic rings. The Kier molecular flexibility index (Phi) is 7.26. The molecule has 0 radical (unpaired) electrons. The van der Waals surface area contributed by atoms with Crippen molar-refractivity contribution >= 4 is 16.6 Å². The first-order chi connectivity index (χ1) is 15.6. The highest BCUT2D eigenvalue weighted by Gasteiger charge is 2.27. The van der Waals surface area contributed by atoms with Crippen LogP contribution in [-0.4, -0.2) is 16.6 Å². The maximum absolute atomic E-state index is 6.13. The van der Waals surface area contributed by atoms with E-state index in [0.717, 1.165) is 11.5 Å². The van der Waals surface area contributed by atoms with Gasteiger partial charge in [-0.15, -0.1) is 0 Å². The monoisotopic (exact) mass is 490 g/mol. The Bertz CT molecular complexity index is 993. The van der Waals surface area contributed by atoms with Crippen molar-refractivity contribution < 1.29 is 8.85 Å². The third-order valence-corrected chi connectivity index (χ3v) is 8.02. The molecule has 0 atom stereocenters. The third kappa shape index (κ3) is 6.42. The molecule has 0 unspecified atom stereocenters. The molecule has 0 amide bonds. The molecule has 0 fully saturated rings. The van der Waals surface area contributed by atoms with E-state index in [4.69, 9.17) is 8.85 Å². The van der Waals surface area contributed by atoms with Crippen LogP contribution in [0, 0.1) is 0 Å². The van der Waals surface area contributed by atoms with E-state index in [9.17, 15) is 0 Å². The molecule has 0 saturated heterocycles. The van der Waals surface area contributed by atoms with E-state index in [1.54, 1.807) is 0 Å². The van der Waals surface area contributed by atoms with E-state index in [1.807, 2.05) is 0 Å². The lowest BCUT2D eigenvalue weighted by molar-refractivity contribution is 0.554. The maximum atomic E-state index is 6.13. The second-order valence-corrected chi connectivity index (χ2v) is 21.2. The molecular formula is C30H42O2Si2. The number of rotatable bonds is 8. The van der Waals surface area contributed by atoms with Crippen molar-refractivity contribution in [2.24, 2.45) is 0 Å². The van der Waals surface area contributed by atoms with E-state index < -0.39 is 16.6 Å². The first-order valence-electron chi connectivity index (χ1n) is 12.3. The van der Waals surface area contributed by atoms with Gasteiger partial charge in [0.25, 0.3) is 0 Å². The van der Waals surface area contributed by atoms with Crippen molar-refractivity contribution in [1.82, 2.24) is 0 Å². The lowest BCUT2D eigenvalue weighted by Crippen LogP contribution is -2.29. The fourth-order valence-electron chi connectivity index (χ4n) is 4.22. The van der Waals surface area contributed by atoms with E-state index in [-0.39, 0.29) is 10.8 Å². The Morgan fingerprint density at radius 3 is 0.824 bits per heavy atom. The van der Waals surface area contributed by atoms with E-state index >= 15 is 0 Å². The van der Waals surface area contributed by atoms with Crippen LogP contribution in [0.2, 0.25) is 39.3 Å². The average molecular weight is 491 g/mol. The molecule has 3 aromatic rings. The van der Waals surface area contributed by atoms with Gasteiger partial charge >= 0.3 is 0 Å². The SMILES string of the molecule is CC(C)(c1ccc(O[Si](C)(C)C)cc1)c1ccc(C(C)(C)c2ccc(O[Si](C)(C)C)cc2)cc1. The molecule has 3 rings (SSSR count). The molecule has 0 heterocycles. The summed E-state index contributed by atoms with van der Waals surface area (Å²) in [5.74, 6) is 1.94. The second-order valence-electron chi connectivity index (χ2n) is 12.3. The van der Waals surface area contributed by atoms with E-state index in [2.05, 4.69) is 140 Å². The van der Waals surface area contributed by atoms with Crippen LogP contribution in [-0.2, 0) is 10.8 Å². The Morgan fingerprint density at radius 2 is 0.618 bits per heavy atom. The van der Waals surface area contributed by atoms with Gasteiger partial charge in [-0.3, -0.25) is 0 Å². The molecule has 2 nitrogen and oxygen atoms in total. The third-order valence-electron chi connectivity index (χ3n) is 6.33. The summed E-state index contributed by atoms with van der Waals surface area (Å²) in [5, 5.41) is 0. The fourth-order valence-corrected chi connectivity index (χ4v) is 5.91. The Balaban J connectivity index is 1.80. The van der Waals surface area contributed by atoms with Gasteiger partial charge in [0.05, 0.1) is 0 Å². The standard InChI is InChI=1S/C30H42O2Si2/c1-29(2,25-15-19-27(20-16-25)31-33(5,6)7)23-11-13-24(14-12-23)30(3,4)26-17-21-28(22-18-26)32-34(8,9)10/h11-22H,1-10H3. The van der Waals surface area contributed by atoms with Crippen LogP contribution in [0.5, 0.6) is 11.5 Å². The summed E-state index contributed by atoms with van der Waals surface area (Å²) < 4.78 is 12.3. The van der Waals surface area contributed by atoms with Gasteiger partial charge in [-0.1, -0.05) is 76.2 Å². The molecule has 182 valence electrons. The molecule has 0 bridgehead atoms. The van der Waals surface area contributed by atoms with Crippen molar-refractivity contribution in [3.63, 3.8) is 0 Å². The van der Waals surface area contributed by atoms with Gasteiger partial charge in [0, 0.05) is 10.8 Å². The minimum absolute atomic E-state index is 0.0871.